The Hall–Kier alpha value is -4.56. The molecule has 6 aromatic rings. The van der Waals surface area contributed by atoms with Crippen molar-refractivity contribution in [2.45, 2.75) is 16.7 Å². The van der Waals surface area contributed by atoms with Crippen molar-refractivity contribution in [3.05, 3.63) is 113 Å². The Morgan fingerprint density at radius 3 is 2.36 bits per heavy atom. The predicted molar refractivity (Wildman–Crippen MR) is 137 cm³/mol. The normalized spacial score (nSPS) is 11.8. The third-order valence-electron chi connectivity index (χ3n) is 6.04. The second-order valence-electron chi connectivity index (χ2n) is 8.44. The third-order valence-corrected chi connectivity index (χ3v) is 7.81. The molecule has 0 unspecified atom stereocenters. The van der Waals surface area contributed by atoms with Gasteiger partial charge in [0.05, 0.1) is 22.3 Å². The minimum atomic E-state index is -4.06. The molecular weight excluding hydrogens is 474 g/mol. The first-order valence-corrected chi connectivity index (χ1v) is 12.7. The summed E-state index contributed by atoms with van der Waals surface area (Å²) >= 11 is 0. The van der Waals surface area contributed by atoms with Gasteiger partial charge in [0.1, 0.15) is 16.2 Å². The first kappa shape index (κ1) is 21.9. The smallest absolute Gasteiger partial charge is 0.345 e. The SMILES string of the molecule is Cc1ccc(S(=O)(=O)c2cnc3cc(-c4ccccc4)nn3c2-c2cc3ccccc3oc2=O)cc1. The van der Waals surface area contributed by atoms with Gasteiger partial charge in [0.15, 0.2) is 5.65 Å². The molecule has 36 heavy (non-hydrogen) atoms. The molecule has 0 spiro atoms. The molecule has 0 aliphatic rings. The minimum Gasteiger partial charge on any atom is -0.422 e. The van der Waals surface area contributed by atoms with Crippen molar-refractivity contribution in [3.63, 3.8) is 0 Å². The lowest BCUT2D eigenvalue weighted by molar-refractivity contribution is 0.562. The molecule has 0 N–H and O–H groups in total. The molecule has 6 rings (SSSR count). The Bertz CT molecular complexity index is 1920. The van der Waals surface area contributed by atoms with E-state index in [9.17, 15) is 13.2 Å². The monoisotopic (exact) mass is 493 g/mol. The average molecular weight is 494 g/mol. The highest BCUT2D eigenvalue weighted by atomic mass is 32.2. The van der Waals surface area contributed by atoms with Crippen molar-refractivity contribution in [2.75, 3.05) is 0 Å². The summed E-state index contributed by atoms with van der Waals surface area (Å²) in [7, 11) is -4.06. The van der Waals surface area contributed by atoms with Gasteiger partial charge in [-0.1, -0.05) is 66.2 Å². The number of hydrogen-bond acceptors (Lipinski definition) is 6. The van der Waals surface area contributed by atoms with Crippen LogP contribution in [-0.2, 0) is 9.84 Å². The van der Waals surface area contributed by atoms with Crippen LogP contribution in [0.4, 0.5) is 0 Å². The van der Waals surface area contributed by atoms with Crippen molar-refractivity contribution >= 4 is 26.5 Å². The molecule has 0 aliphatic carbocycles. The number of rotatable bonds is 4. The molecule has 0 amide bonds. The first-order valence-electron chi connectivity index (χ1n) is 11.2. The van der Waals surface area contributed by atoms with E-state index in [0.29, 0.717) is 22.3 Å². The number of aromatic nitrogens is 3. The molecule has 3 aromatic heterocycles. The number of nitrogens with zero attached hydrogens (tertiary/aromatic N) is 3. The second kappa shape index (κ2) is 8.28. The second-order valence-corrected chi connectivity index (χ2v) is 10.4. The summed E-state index contributed by atoms with van der Waals surface area (Å²) < 4.78 is 34.6. The van der Waals surface area contributed by atoms with Gasteiger partial charge in [-0.25, -0.2) is 22.7 Å². The lowest BCUT2D eigenvalue weighted by Crippen LogP contribution is -2.13. The number of fused-ring (bicyclic) bond motifs is 2. The molecule has 0 radical (unpaired) electrons. The summed E-state index contributed by atoms with van der Waals surface area (Å²) in [6.45, 7) is 1.88. The number of sulfone groups is 1. The van der Waals surface area contributed by atoms with Gasteiger partial charge in [-0.15, -0.1) is 0 Å². The molecule has 176 valence electrons. The molecule has 3 heterocycles. The minimum absolute atomic E-state index is 0.0782. The maximum absolute atomic E-state index is 13.8. The topological polar surface area (TPSA) is 94.5 Å². The van der Waals surface area contributed by atoms with Crippen LogP contribution in [0.3, 0.4) is 0 Å². The highest BCUT2D eigenvalue weighted by Gasteiger charge is 2.28. The maximum atomic E-state index is 13.8. The van der Waals surface area contributed by atoms with Gasteiger partial charge in [0, 0.05) is 17.0 Å². The molecule has 8 heteroatoms. The Balaban J connectivity index is 1.70. The highest BCUT2D eigenvalue weighted by molar-refractivity contribution is 7.91. The molecule has 0 fully saturated rings. The largest absolute Gasteiger partial charge is 0.422 e. The van der Waals surface area contributed by atoms with Crippen molar-refractivity contribution in [1.29, 1.82) is 0 Å². The maximum Gasteiger partial charge on any atom is 0.345 e. The molecule has 0 saturated carbocycles. The van der Waals surface area contributed by atoms with Crippen LogP contribution in [-0.4, -0.2) is 23.0 Å². The Kier molecular flexibility index (Phi) is 5.05. The summed E-state index contributed by atoms with van der Waals surface area (Å²) in [5.74, 6) is 0. The molecular formula is C28H19N3O4S. The lowest BCUT2D eigenvalue weighted by Gasteiger charge is -2.12. The molecule has 0 bridgehead atoms. The van der Waals surface area contributed by atoms with Gasteiger partial charge in [0.25, 0.3) is 0 Å². The molecule has 7 nitrogen and oxygen atoms in total. The predicted octanol–water partition coefficient (Wildman–Crippen LogP) is 5.31. The molecule has 3 aromatic carbocycles. The van der Waals surface area contributed by atoms with E-state index in [4.69, 9.17) is 4.42 Å². The van der Waals surface area contributed by atoms with Crippen molar-refractivity contribution in [1.82, 2.24) is 14.6 Å². The quantitative estimate of drug-likeness (QED) is 0.309. The molecule has 0 aliphatic heterocycles. The molecule has 0 atom stereocenters. The van der Waals surface area contributed by atoms with Crippen LogP contribution in [0.25, 0.3) is 39.1 Å². The Morgan fingerprint density at radius 1 is 0.861 bits per heavy atom. The fourth-order valence-electron chi connectivity index (χ4n) is 4.18. The first-order chi connectivity index (χ1) is 17.4. The fourth-order valence-corrected chi connectivity index (χ4v) is 5.57. The molecule has 0 saturated heterocycles. The summed E-state index contributed by atoms with van der Waals surface area (Å²) in [6, 6.07) is 26.5. The summed E-state index contributed by atoms with van der Waals surface area (Å²) in [5.41, 5.74) is 2.68. The zero-order chi connectivity index (χ0) is 24.9. The number of hydrogen-bond donors (Lipinski definition) is 0. The Labute approximate surface area is 206 Å². The van der Waals surface area contributed by atoms with E-state index >= 15 is 0 Å². The fraction of sp³-hybridized carbons (Fsp3) is 0.0357. The van der Waals surface area contributed by atoms with Gasteiger partial charge in [-0.2, -0.15) is 5.10 Å². The van der Waals surface area contributed by atoms with Crippen LogP contribution in [0.2, 0.25) is 0 Å². The van der Waals surface area contributed by atoms with Crippen LogP contribution in [0.5, 0.6) is 0 Å². The van der Waals surface area contributed by atoms with Crippen LogP contribution in [0.15, 0.2) is 116 Å². The van der Waals surface area contributed by atoms with Crippen LogP contribution in [0.1, 0.15) is 5.56 Å². The number of benzene rings is 3. The van der Waals surface area contributed by atoms with Crippen LogP contribution >= 0.6 is 0 Å². The van der Waals surface area contributed by atoms with Crippen molar-refractivity contribution in [3.8, 4) is 22.5 Å². The van der Waals surface area contributed by atoms with E-state index in [-0.39, 0.29) is 21.0 Å². The van der Waals surface area contributed by atoms with Gasteiger partial charge < -0.3 is 4.42 Å². The van der Waals surface area contributed by atoms with Gasteiger partial charge >= 0.3 is 5.63 Å². The number of para-hydroxylation sites is 1. The summed E-state index contributed by atoms with van der Waals surface area (Å²) in [6.07, 6.45) is 1.28. The van der Waals surface area contributed by atoms with Gasteiger partial charge in [-0.3, -0.25) is 0 Å². The highest BCUT2D eigenvalue weighted by Crippen LogP contribution is 2.32. The Morgan fingerprint density at radius 2 is 1.58 bits per heavy atom. The summed E-state index contributed by atoms with van der Waals surface area (Å²) in [4.78, 5) is 17.6. The zero-order valence-electron chi connectivity index (χ0n) is 19.1. The third kappa shape index (κ3) is 3.59. The van der Waals surface area contributed by atoms with Crippen LogP contribution in [0, 0.1) is 6.92 Å². The van der Waals surface area contributed by atoms with Gasteiger partial charge in [0.2, 0.25) is 9.84 Å². The lowest BCUT2D eigenvalue weighted by atomic mass is 10.1. The van der Waals surface area contributed by atoms with E-state index in [2.05, 4.69) is 10.1 Å². The van der Waals surface area contributed by atoms with Crippen molar-refractivity contribution in [2.24, 2.45) is 0 Å². The van der Waals surface area contributed by atoms with E-state index in [1.165, 1.54) is 10.7 Å². The zero-order valence-corrected chi connectivity index (χ0v) is 19.9. The standard InChI is InChI=1S/C28H19N3O4S/c1-18-11-13-21(14-12-18)36(33,34)25-17-29-26-16-23(19-7-3-2-4-8-19)30-31(26)27(25)22-15-20-9-5-6-10-24(20)35-28(22)32/h2-17H,1H3. The van der Waals surface area contributed by atoms with E-state index in [1.807, 2.05) is 43.3 Å². The average Bonchev–Trinajstić information content (AvgIpc) is 3.33. The van der Waals surface area contributed by atoms with Crippen molar-refractivity contribution < 1.29 is 12.8 Å². The van der Waals surface area contributed by atoms with E-state index < -0.39 is 15.5 Å². The van der Waals surface area contributed by atoms with Crippen LogP contribution < -0.4 is 5.63 Å². The van der Waals surface area contributed by atoms with Gasteiger partial charge in [-0.05, 0) is 31.2 Å². The number of aryl methyl sites for hydroxylation is 1. The van der Waals surface area contributed by atoms with E-state index in [0.717, 1.165) is 11.1 Å². The van der Waals surface area contributed by atoms with E-state index in [1.54, 1.807) is 54.6 Å². The summed E-state index contributed by atoms with van der Waals surface area (Å²) in [5, 5.41) is 5.33.